The van der Waals surface area contributed by atoms with Crippen LogP contribution in [-0.4, -0.2) is 7.11 Å². The Morgan fingerprint density at radius 2 is 2.07 bits per heavy atom. The van der Waals surface area contributed by atoms with Crippen LogP contribution in [0.2, 0.25) is 0 Å². The molecule has 0 aliphatic carbocycles. The molecular formula is C10H14ClO2P. The minimum absolute atomic E-state index is 0.289. The van der Waals surface area contributed by atoms with Gasteiger partial charge in [0.25, 0.3) is 6.72 Å². The molecule has 0 aliphatic rings. The van der Waals surface area contributed by atoms with Crippen molar-refractivity contribution in [2.75, 3.05) is 7.11 Å². The molecule has 0 aromatic heterocycles. The zero-order valence-electron chi connectivity index (χ0n) is 8.58. The van der Waals surface area contributed by atoms with Crippen LogP contribution < -0.4 is 0 Å². The van der Waals surface area contributed by atoms with Crippen LogP contribution in [0.25, 0.3) is 0 Å². The van der Waals surface area contributed by atoms with E-state index in [9.17, 15) is 4.57 Å². The lowest BCUT2D eigenvalue weighted by Crippen LogP contribution is -1.90. The minimum atomic E-state index is -2.97. The predicted octanol–water partition coefficient (Wildman–Crippen LogP) is 3.88. The first-order chi connectivity index (χ1) is 6.44. The van der Waals surface area contributed by atoms with Gasteiger partial charge >= 0.3 is 0 Å². The molecule has 1 atom stereocenters. The van der Waals surface area contributed by atoms with Crippen molar-refractivity contribution in [3.05, 3.63) is 34.9 Å². The van der Waals surface area contributed by atoms with Crippen molar-refractivity contribution in [2.45, 2.75) is 20.0 Å². The van der Waals surface area contributed by atoms with Crippen molar-refractivity contribution in [2.24, 2.45) is 0 Å². The summed E-state index contributed by atoms with van der Waals surface area (Å²) in [6.45, 7) is 1.04. The second kappa shape index (κ2) is 4.48. The van der Waals surface area contributed by atoms with Gasteiger partial charge in [0.15, 0.2) is 0 Å². The summed E-state index contributed by atoms with van der Waals surface area (Å²) >= 11 is 5.70. The summed E-state index contributed by atoms with van der Waals surface area (Å²) in [5.74, 6) is 0. The van der Waals surface area contributed by atoms with Crippen LogP contribution in [0.5, 0.6) is 0 Å². The third kappa shape index (κ3) is 3.13. The summed E-state index contributed by atoms with van der Waals surface area (Å²) in [4.78, 5) is 0. The van der Waals surface area contributed by atoms with Crippen LogP contribution in [0.1, 0.15) is 16.7 Å². The van der Waals surface area contributed by atoms with E-state index in [-0.39, 0.29) is 6.16 Å². The fourth-order valence-corrected chi connectivity index (χ4v) is 2.57. The van der Waals surface area contributed by atoms with Gasteiger partial charge in [0.1, 0.15) is 0 Å². The average Bonchev–Trinajstić information content (AvgIpc) is 2.10. The average molecular weight is 233 g/mol. The van der Waals surface area contributed by atoms with Gasteiger partial charge in [-0.25, -0.2) is 0 Å². The molecule has 0 amide bonds. The van der Waals surface area contributed by atoms with Crippen molar-refractivity contribution < 1.29 is 9.09 Å². The molecule has 0 spiro atoms. The number of aryl methyl sites for hydroxylation is 2. The summed E-state index contributed by atoms with van der Waals surface area (Å²) in [5.41, 5.74) is 3.27. The molecule has 0 heterocycles. The van der Waals surface area contributed by atoms with Gasteiger partial charge in [0.2, 0.25) is 0 Å². The highest BCUT2D eigenvalue weighted by atomic mass is 35.7. The lowest BCUT2D eigenvalue weighted by Gasteiger charge is -2.10. The van der Waals surface area contributed by atoms with Crippen molar-refractivity contribution in [3.63, 3.8) is 0 Å². The Labute approximate surface area is 89.5 Å². The highest BCUT2D eigenvalue weighted by molar-refractivity contribution is 7.84. The molecule has 1 aromatic rings. The summed E-state index contributed by atoms with van der Waals surface area (Å²) < 4.78 is 16.3. The molecule has 1 aromatic carbocycles. The first-order valence-corrected chi connectivity index (χ1v) is 7.07. The zero-order chi connectivity index (χ0) is 10.8. The number of benzene rings is 1. The third-order valence-corrected chi connectivity index (χ3v) is 4.17. The van der Waals surface area contributed by atoms with Crippen LogP contribution in [0, 0.1) is 13.8 Å². The van der Waals surface area contributed by atoms with E-state index in [2.05, 4.69) is 0 Å². The Balaban J connectivity index is 2.93. The van der Waals surface area contributed by atoms with E-state index in [0.29, 0.717) is 0 Å². The van der Waals surface area contributed by atoms with E-state index in [4.69, 9.17) is 15.8 Å². The zero-order valence-corrected chi connectivity index (χ0v) is 10.2. The maximum Gasteiger partial charge on any atom is 0.294 e. The Kier molecular flexibility index (Phi) is 3.77. The predicted molar refractivity (Wildman–Crippen MR) is 60.1 cm³/mol. The fraction of sp³-hybridized carbons (Fsp3) is 0.400. The van der Waals surface area contributed by atoms with Gasteiger partial charge in [-0.05, 0) is 36.2 Å². The molecule has 4 heteroatoms. The molecule has 2 nitrogen and oxygen atoms in total. The summed E-state index contributed by atoms with van der Waals surface area (Å²) in [5, 5.41) is 0. The summed E-state index contributed by atoms with van der Waals surface area (Å²) in [6, 6.07) is 5.97. The maximum absolute atomic E-state index is 11.5. The van der Waals surface area contributed by atoms with Gasteiger partial charge in [-0.15, -0.1) is 0 Å². The standard InChI is InChI=1S/C10H14ClO2P/c1-8-4-5-10(9(2)6-8)7-14(11,12)13-3/h4-6H,7H2,1-3H3. The highest BCUT2D eigenvalue weighted by Crippen LogP contribution is 2.54. The van der Waals surface area contributed by atoms with Gasteiger partial charge in [0.05, 0.1) is 6.16 Å². The fourth-order valence-electron chi connectivity index (χ4n) is 1.29. The molecule has 1 rings (SSSR count). The van der Waals surface area contributed by atoms with Crippen LogP contribution >= 0.6 is 18.0 Å². The number of hydrogen-bond donors (Lipinski definition) is 0. The maximum atomic E-state index is 11.5. The van der Waals surface area contributed by atoms with Crippen LogP contribution in [-0.2, 0) is 15.3 Å². The van der Waals surface area contributed by atoms with E-state index in [0.717, 1.165) is 11.1 Å². The third-order valence-electron chi connectivity index (χ3n) is 2.13. The van der Waals surface area contributed by atoms with E-state index < -0.39 is 6.72 Å². The smallest absolute Gasteiger partial charge is 0.294 e. The van der Waals surface area contributed by atoms with Crippen LogP contribution in [0.4, 0.5) is 0 Å². The molecule has 0 saturated carbocycles. The lowest BCUT2D eigenvalue weighted by molar-refractivity contribution is 0.407. The lowest BCUT2D eigenvalue weighted by atomic mass is 10.1. The topological polar surface area (TPSA) is 26.3 Å². The first-order valence-electron chi connectivity index (χ1n) is 4.35. The molecular weight excluding hydrogens is 219 g/mol. The largest absolute Gasteiger partial charge is 0.321 e. The monoisotopic (exact) mass is 232 g/mol. The summed E-state index contributed by atoms with van der Waals surface area (Å²) in [6.07, 6.45) is 0.289. The number of halogens is 1. The Morgan fingerprint density at radius 3 is 2.57 bits per heavy atom. The van der Waals surface area contributed by atoms with Gasteiger partial charge in [-0.1, -0.05) is 23.8 Å². The Bertz CT molecular complexity index is 376. The van der Waals surface area contributed by atoms with Gasteiger partial charge < -0.3 is 4.52 Å². The molecule has 14 heavy (non-hydrogen) atoms. The second-order valence-corrected chi connectivity index (χ2v) is 6.77. The van der Waals surface area contributed by atoms with Gasteiger partial charge in [-0.2, -0.15) is 0 Å². The van der Waals surface area contributed by atoms with E-state index in [1.165, 1.54) is 12.7 Å². The number of rotatable bonds is 3. The summed E-state index contributed by atoms with van der Waals surface area (Å²) in [7, 11) is 1.37. The highest BCUT2D eigenvalue weighted by Gasteiger charge is 2.18. The van der Waals surface area contributed by atoms with Gasteiger partial charge in [-0.3, -0.25) is 4.57 Å². The van der Waals surface area contributed by atoms with Gasteiger partial charge in [0, 0.05) is 7.11 Å². The molecule has 0 aliphatic heterocycles. The quantitative estimate of drug-likeness (QED) is 0.740. The van der Waals surface area contributed by atoms with Crippen molar-refractivity contribution in [1.82, 2.24) is 0 Å². The van der Waals surface area contributed by atoms with E-state index in [1.807, 2.05) is 32.0 Å². The van der Waals surface area contributed by atoms with Crippen molar-refractivity contribution >= 4 is 18.0 Å². The minimum Gasteiger partial charge on any atom is -0.321 e. The van der Waals surface area contributed by atoms with Crippen LogP contribution in [0.3, 0.4) is 0 Å². The molecule has 0 saturated heterocycles. The van der Waals surface area contributed by atoms with E-state index in [1.54, 1.807) is 0 Å². The second-order valence-electron chi connectivity index (χ2n) is 3.36. The Morgan fingerprint density at radius 1 is 1.43 bits per heavy atom. The van der Waals surface area contributed by atoms with Crippen molar-refractivity contribution in [1.29, 1.82) is 0 Å². The molecule has 0 fully saturated rings. The number of hydrogen-bond acceptors (Lipinski definition) is 2. The van der Waals surface area contributed by atoms with Crippen molar-refractivity contribution in [3.8, 4) is 0 Å². The molecule has 0 radical (unpaired) electrons. The molecule has 1 unspecified atom stereocenters. The first kappa shape index (κ1) is 11.8. The van der Waals surface area contributed by atoms with E-state index >= 15 is 0 Å². The normalized spacial score (nSPS) is 15.1. The molecule has 0 bridgehead atoms. The Hall–Kier alpha value is -0.300. The van der Waals surface area contributed by atoms with Crippen LogP contribution in [0.15, 0.2) is 18.2 Å². The molecule has 78 valence electrons. The molecule has 0 N–H and O–H groups in total. The SMILES string of the molecule is COP(=O)(Cl)Cc1ccc(C)cc1C.